The number of carboxylic acids is 1. The SMILES string of the molecule is CC(=O)c1cccc(S(=O)(=O)NCC(C)C(=O)O)c1. The van der Waals surface area contributed by atoms with E-state index in [4.69, 9.17) is 5.11 Å². The van der Waals surface area contributed by atoms with Gasteiger partial charge in [-0.25, -0.2) is 13.1 Å². The molecule has 0 fully saturated rings. The largest absolute Gasteiger partial charge is 0.481 e. The summed E-state index contributed by atoms with van der Waals surface area (Å²) >= 11 is 0. The molecule has 1 rings (SSSR count). The number of hydrogen-bond donors (Lipinski definition) is 2. The summed E-state index contributed by atoms with van der Waals surface area (Å²) in [5.74, 6) is -2.15. The van der Waals surface area contributed by atoms with Crippen LogP contribution in [0.1, 0.15) is 24.2 Å². The molecule has 1 aromatic carbocycles. The highest BCUT2D eigenvalue weighted by Crippen LogP contribution is 2.12. The van der Waals surface area contributed by atoms with E-state index in [1.165, 1.54) is 38.1 Å². The third-order valence-corrected chi connectivity index (χ3v) is 3.97. The van der Waals surface area contributed by atoms with Gasteiger partial charge in [0.05, 0.1) is 10.8 Å². The summed E-state index contributed by atoms with van der Waals surface area (Å²) in [5.41, 5.74) is 0.286. The smallest absolute Gasteiger partial charge is 0.307 e. The molecule has 104 valence electrons. The van der Waals surface area contributed by atoms with Crippen LogP contribution in [0.3, 0.4) is 0 Å². The Morgan fingerprint density at radius 2 is 2.00 bits per heavy atom. The van der Waals surface area contributed by atoms with Crippen molar-refractivity contribution >= 4 is 21.8 Å². The molecule has 0 heterocycles. The lowest BCUT2D eigenvalue weighted by Gasteiger charge is -2.09. The van der Waals surface area contributed by atoms with E-state index in [-0.39, 0.29) is 22.8 Å². The maximum absolute atomic E-state index is 11.9. The molecular formula is C12H15NO5S. The van der Waals surface area contributed by atoms with Gasteiger partial charge in [-0.15, -0.1) is 0 Å². The molecule has 0 aromatic heterocycles. The Labute approximate surface area is 111 Å². The number of benzene rings is 1. The van der Waals surface area contributed by atoms with Gasteiger partial charge in [0.1, 0.15) is 0 Å². The minimum absolute atomic E-state index is 0.0576. The van der Waals surface area contributed by atoms with Gasteiger partial charge in [-0.1, -0.05) is 19.1 Å². The molecule has 0 radical (unpaired) electrons. The molecular weight excluding hydrogens is 270 g/mol. The first-order chi connectivity index (χ1) is 8.74. The van der Waals surface area contributed by atoms with Crippen LogP contribution in [-0.4, -0.2) is 31.8 Å². The average molecular weight is 285 g/mol. The predicted molar refractivity (Wildman–Crippen MR) is 68.4 cm³/mol. The number of rotatable bonds is 6. The van der Waals surface area contributed by atoms with E-state index in [9.17, 15) is 18.0 Å². The first-order valence-electron chi connectivity index (χ1n) is 5.57. The van der Waals surface area contributed by atoms with Gasteiger partial charge < -0.3 is 5.11 Å². The van der Waals surface area contributed by atoms with Gasteiger partial charge in [-0.3, -0.25) is 9.59 Å². The monoisotopic (exact) mass is 285 g/mol. The van der Waals surface area contributed by atoms with Crippen LogP contribution >= 0.6 is 0 Å². The lowest BCUT2D eigenvalue weighted by Crippen LogP contribution is -2.31. The van der Waals surface area contributed by atoms with Crippen LogP contribution in [-0.2, 0) is 14.8 Å². The fourth-order valence-electron chi connectivity index (χ4n) is 1.29. The second kappa shape index (κ2) is 5.94. The van der Waals surface area contributed by atoms with Gasteiger partial charge in [-0.2, -0.15) is 0 Å². The van der Waals surface area contributed by atoms with Crippen molar-refractivity contribution in [1.82, 2.24) is 4.72 Å². The van der Waals surface area contributed by atoms with Gasteiger partial charge in [0.25, 0.3) is 0 Å². The van der Waals surface area contributed by atoms with Gasteiger partial charge in [0.2, 0.25) is 10.0 Å². The summed E-state index contributed by atoms with van der Waals surface area (Å²) in [5, 5.41) is 8.69. The van der Waals surface area contributed by atoms with Crippen LogP contribution < -0.4 is 4.72 Å². The van der Waals surface area contributed by atoms with Crippen molar-refractivity contribution in [3.63, 3.8) is 0 Å². The zero-order valence-electron chi connectivity index (χ0n) is 10.6. The quantitative estimate of drug-likeness (QED) is 0.756. The Morgan fingerprint density at radius 1 is 1.37 bits per heavy atom. The summed E-state index contributed by atoms with van der Waals surface area (Å²) in [6, 6.07) is 5.59. The molecule has 6 nitrogen and oxygen atoms in total. The van der Waals surface area contributed by atoms with E-state index in [0.717, 1.165) is 0 Å². The Hall–Kier alpha value is -1.73. The molecule has 0 saturated heterocycles. The van der Waals surface area contributed by atoms with Crippen LogP contribution in [0, 0.1) is 5.92 Å². The molecule has 0 saturated carbocycles. The number of carbonyl (C=O) groups excluding carboxylic acids is 1. The Morgan fingerprint density at radius 3 is 2.53 bits per heavy atom. The van der Waals surface area contributed by atoms with E-state index in [2.05, 4.69) is 4.72 Å². The number of aliphatic carboxylic acids is 1. The van der Waals surface area contributed by atoms with Gasteiger partial charge in [0, 0.05) is 12.1 Å². The van der Waals surface area contributed by atoms with Crippen LogP contribution in [0.4, 0.5) is 0 Å². The molecule has 1 aromatic rings. The number of nitrogens with one attached hydrogen (secondary N) is 1. The lowest BCUT2D eigenvalue weighted by atomic mass is 10.2. The van der Waals surface area contributed by atoms with Crippen molar-refractivity contribution in [3.05, 3.63) is 29.8 Å². The van der Waals surface area contributed by atoms with Crippen LogP contribution in [0.15, 0.2) is 29.2 Å². The van der Waals surface area contributed by atoms with Crippen LogP contribution in [0.5, 0.6) is 0 Å². The number of hydrogen-bond acceptors (Lipinski definition) is 4. The van der Waals surface area contributed by atoms with E-state index >= 15 is 0 Å². The van der Waals surface area contributed by atoms with E-state index in [1.54, 1.807) is 0 Å². The van der Waals surface area contributed by atoms with Crippen LogP contribution in [0.2, 0.25) is 0 Å². The summed E-state index contributed by atoms with van der Waals surface area (Å²) < 4.78 is 26.0. The van der Waals surface area contributed by atoms with Crippen molar-refractivity contribution in [2.75, 3.05) is 6.54 Å². The molecule has 0 amide bonds. The molecule has 0 bridgehead atoms. The number of ketones is 1. The molecule has 7 heteroatoms. The molecule has 2 N–H and O–H groups in total. The van der Waals surface area contributed by atoms with E-state index in [1.807, 2.05) is 0 Å². The Balaban J connectivity index is 2.91. The summed E-state index contributed by atoms with van der Waals surface area (Å²) in [6.07, 6.45) is 0. The highest BCUT2D eigenvalue weighted by molar-refractivity contribution is 7.89. The maximum Gasteiger partial charge on any atom is 0.307 e. The topological polar surface area (TPSA) is 101 Å². The minimum atomic E-state index is -3.81. The summed E-state index contributed by atoms with van der Waals surface area (Å²) in [4.78, 5) is 21.7. The molecule has 0 spiro atoms. The molecule has 19 heavy (non-hydrogen) atoms. The third kappa shape index (κ3) is 4.15. The van der Waals surface area contributed by atoms with Gasteiger partial charge in [0.15, 0.2) is 5.78 Å². The average Bonchev–Trinajstić information content (AvgIpc) is 2.36. The third-order valence-electron chi connectivity index (χ3n) is 2.55. The number of Topliss-reactive ketones (excluding diaryl/α,β-unsaturated/α-hetero) is 1. The predicted octanol–water partition coefficient (Wildman–Crippen LogP) is 0.888. The van der Waals surface area contributed by atoms with E-state index < -0.39 is 21.9 Å². The first-order valence-corrected chi connectivity index (χ1v) is 7.06. The van der Waals surface area contributed by atoms with E-state index in [0.29, 0.717) is 0 Å². The summed E-state index contributed by atoms with van der Waals surface area (Å²) in [7, 11) is -3.81. The maximum atomic E-state index is 11.9. The lowest BCUT2D eigenvalue weighted by molar-refractivity contribution is -0.140. The second-order valence-corrected chi connectivity index (χ2v) is 5.94. The van der Waals surface area contributed by atoms with Crippen molar-refractivity contribution in [2.45, 2.75) is 18.7 Å². The second-order valence-electron chi connectivity index (χ2n) is 4.18. The van der Waals surface area contributed by atoms with Crippen molar-refractivity contribution in [1.29, 1.82) is 0 Å². The molecule has 0 aliphatic carbocycles. The Kier molecular flexibility index (Phi) is 4.79. The zero-order valence-corrected chi connectivity index (χ0v) is 11.4. The van der Waals surface area contributed by atoms with Crippen molar-refractivity contribution < 1.29 is 23.1 Å². The number of sulfonamides is 1. The number of carbonyl (C=O) groups is 2. The fourth-order valence-corrected chi connectivity index (χ4v) is 2.46. The fraction of sp³-hybridized carbons (Fsp3) is 0.333. The molecule has 0 aliphatic heterocycles. The van der Waals surface area contributed by atoms with Gasteiger partial charge >= 0.3 is 5.97 Å². The van der Waals surface area contributed by atoms with Gasteiger partial charge in [-0.05, 0) is 19.1 Å². The molecule has 1 unspecified atom stereocenters. The summed E-state index contributed by atoms with van der Waals surface area (Å²) in [6.45, 7) is 2.53. The Bertz CT molecular complexity index is 594. The van der Waals surface area contributed by atoms with Crippen molar-refractivity contribution in [3.8, 4) is 0 Å². The highest BCUT2D eigenvalue weighted by atomic mass is 32.2. The zero-order chi connectivity index (χ0) is 14.6. The minimum Gasteiger partial charge on any atom is -0.481 e. The van der Waals surface area contributed by atoms with Crippen molar-refractivity contribution in [2.24, 2.45) is 5.92 Å². The standard InChI is InChI=1S/C12H15NO5S/c1-8(12(15)16)7-13-19(17,18)11-5-3-4-10(6-11)9(2)14/h3-6,8,13H,7H2,1-2H3,(H,15,16). The number of carboxylic acid groups (broad SMARTS) is 1. The first kappa shape index (κ1) is 15.3. The molecule has 0 aliphatic rings. The normalized spacial score (nSPS) is 12.9. The van der Waals surface area contributed by atoms with Crippen LogP contribution in [0.25, 0.3) is 0 Å². The molecule has 1 atom stereocenters. The highest BCUT2D eigenvalue weighted by Gasteiger charge is 2.18.